The first-order chi connectivity index (χ1) is 32.6. The highest BCUT2D eigenvalue weighted by Gasteiger charge is 2.51. The lowest BCUT2D eigenvalue weighted by molar-refractivity contribution is -0.145. The molecule has 2 saturated heterocycles. The van der Waals surface area contributed by atoms with E-state index in [2.05, 4.69) is 13.2 Å². The summed E-state index contributed by atoms with van der Waals surface area (Å²) in [5, 5.41) is 11.2. The van der Waals surface area contributed by atoms with Crippen LogP contribution in [0.2, 0.25) is 0 Å². The van der Waals surface area contributed by atoms with Gasteiger partial charge in [0.2, 0.25) is 0 Å². The van der Waals surface area contributed by atoms with Crippen LogP contribution in [0.4, 0.5) is 0 Å². The van der Waals surface area contributed by atoms with Crippen LogP contribution in [0, 0.1) is 23.7 Å². The minimum absolute atomic E-state index is 0.00505. The molecule has 14 nitrogen and oxygen atoms in total. The van der Waals surface area contributed by atoms with Gasteiger partial charge in [-0.3, -0.25) is 24.0 Å². The average Bonchev–Trinajstić information content (AvgIpc) is 3.80. The summed E-state index contributed by atoms with van der Waals surface area (Å²) < 4.78 is 47.0. The predicted molar refractivity (Wildman–Crippen MR) is 253 cm³/mol. The fourth-order valence-corrected chi connectivity index (χ4v) is 8.89. The van der Waals surface area contributed by atoms with Gasteiger partial charge < -0.3 is 43.0 Å². The average molecular weight is 943 g/mol. The maximum atomic E-state index is 13.4. The summed E-state index contributed by atoms with van der Waals surface area (Å²) in [6.45, 7) is 18.8. The lowest BCUT2D eigenvalue weighted by Gasteiger charge is -2.32. The van der Waals surface area contributed by atoms with Gasteiger partial charge in [-0.15, -0.1) is 13.2 Å². The van der Waals surface area contributed by atoms with E-state index < -0.39 is 66.8 Å². The molecule has 0 aliphatic carbocycles. The van der Waals surface area contributed by atoms with Gasteiger partial charge in [-0.25, -0.2) is 0 Å². The van der Waals surface area contributed by atoms with Crippen molar-refractivity contribution in [3.05, 3.63) is 121 Å². The third-order valence-electron chi connectivity index (χ3n) is 12.5. The number of carbonyl (C=O) groups excluding carboxylic acids is 5. The minimum atomic E-state index is -0.940. The number of Topliss-reactive ketones (excluding diaryl/α,β-unsaturated/α-hetero) is 1. The van der Waals surface area contributed by atoms with Crippen LogP contribution in [0.5, 0.6) is 0 Å². The maximum Gasteiger partial charge on any atom is 0.302 e. The van der Waals surface area contributed by atoms with E-state index in [1.165, 1.54) is 19.9 Å². The molecule has 4 aliphatic heterocycles. The third kappa shape index (κ3) is 15.5. The van der Waals surface area contributed by atoms with Crippen molar-refractivity contribution in [2.75, 3.05) is 13.2 Å². The van der Waals surface area contributed by atoms with Crippen LogP contribution in [-0.2, 0) is 75.1 Å². The summed E-state index contributed by atoms with van der Waals surface area (Å²) in [5.74, 6) is -2.12. The first-order valence-electron chi connectivity index (χ1n) is 23.7. The van der Waals surface area contributed by atoms with Gasteiger partial charge in [0.05, 0.1) is 56.9 Å². The van der Waals surface area contributed by atoms with Gasteiger partial charge >= 0.3 is 11.9 Å². The van der Waals surface area contributed by atoms with E-state index in [0.717, 1.165) is 11.1 Å². The Kier molecular flexibility index (Phi) is 21.2. The van der Waals surface area contributed by atoms with E-state index in [0.29, 0.717) is 32.3 Å². The van der Waals surface area contributed by atoms with Crippen LogP contribution in [-0.4, -0.2) is 115 Å². The van der Waals surface area contributed by atoms with E-state index in [1.807, 2.05) is 81.4 Å². The molecule has 4 heterocycles. The molecule has 0 aromatic heterocycles. The summed E-state index contributed by atoms with van der Waals surface area (Å²) in [4.78, 5) is 61.0. The number of benzene rings is 2. The topological polar surface area (TPSA) is 179 Å². The Labute approximate surface area is 401 Å². The van der Waals surface area contributed by atoms with E-state index in [9.17, 15) is 29.1 Å². The smallest absolute Gasteiger partial charge is 0.302 e. The van der Waals surface area contributed by atoms with Gasteiger partial charge in [0.25, 0.3) is 0 Å². The van der Waals surface area contributed by atoms with Crippen molar-refractivity contribution >= 4 is 29.3 Å². The minimum Gasteiger partial charge on any atom is -0.466 e. The van der Waals surface area contributed by atoms with Gasteiger partial charge in [-0.1, -0.05) is 113 Å². The number of rotatable bonds is 22. The SMILES string of the molecule is C=CC[C@@H]1C=CC(=O)[C@@H]([C@@H](C)[C@@H]2OC(C[C@@H](C)COC(C)=O)[C@H](OCc3ccccc3)C2=O)O1.C=CC[C@@H]1C=CC(=O)[C@@H]([C@@H](C)[C@@H]2OC(C[C@@H](C)COC(C)=O)[C@H](OCc3ccccc3)[C@H]2O)O1. The molecule has 2 unspecified atom stereocenters. The van der Waals surface area contributed by atoms with Crippen molar-refractivity contribution in [3.63, 3.8) is 0 Å². The Morgan fingerprint density at radius 2 is 1.12 bits per heavy atom. The van der Waals surface area contributed by atoms with E-state index in [4.69, 9.17) is 37.9 Å². The van der Waals surface area contributed by atoms with Crippen molar-refractivity contribution in [1.82, 2.24) is 0 Å². The first-order valence-corrected chi connectivity index (χ1v) is 23.7. The Morgan fingerprint density at radius 3 is 1.60 bits per heavy atom. The highest BCUT2D eigenvalue weighted by Crippen LogP contribution is 2.37. The quantitative estimate of drug-likeness (QED) is 0.0943. The molecule has 0 saturated carbocycles. The number of hydrogen-bond donors (Lipinski definition) is 1. The summed E-state index contributed by atoms with van der Waals surface area (Å²) >= 11 is 0. The lowest BCUT2D eigenvalue weighted by atomic mass is 9.88. The van der Waals surface area contributed by atoms with Gasteiger partial charge in [0.1, 0.15) is 36.6 Å². The third-order valence-corrected chi connectivity index (χ3v) is 12.5. The Balaban J connectivity index is 0.000000254. The summed E-state index contributed by atoms with van der Waals surface area (Å²) in [5.41, 5.74) is 1.93. The molecule has 14 heteroatoms. The Morgan fingerprint density at radius 1 is 0.647 bits per heavy atom. The van der Waals surface area contributed by atoms with Gasteiger partial charge in [0.15, 0.2) is 17.3 Å². The van der Waals surface area contributed by atoms with Gasteiger partial charge in [-0.2, -0.15) is 0 Å². The molecule has 1 N–H and O–H groups in total. The van der Waals surface area contributed by atoms with Crippen LogP contribution < -0.4 is 0 Å². The highest BCUT2D eigenvalue weighted by atomic mass is 16.6. The largest absolute Gasteiger partial charge is 0.466 e. The van der Waals surface area contributed by atoms with Gasteiger partial charge in [-0.05, 0) is 60.8 Å². The zero-order valence-corrected chi connectivity index (χ0v) is 40.2. The zero-order valence-electron chi connectivity index (χ0n) is 40.2. The molecule has 0 spiro atoms. The van der Waals surface area contributed by atoms with Crippen LogP contribution in [0.3, 0.4) is 0 Å². The predicted octanol–water partition coefficient (Wildman–Crippen LogP) is 7.00. The standard InChI is InChI=1S/C27H36O7.C27H34O7/c2*1-5-9-21-12-13-22(29)25(33-21)18(3)26-24(30)27(32-16-20-10-7-6-8-11-20)23(34-26)14-17(2)15-31-19(4)28/h5-8,10-13,17-18,21,23-27,30H,1,9,14-16H2,2-4H3;5-8,10-13,17-18,21,23,25-27H,1,9,14-16H2,2-4H3/t17-,18-,21-,23?,24+,25-,26+,27+;17-,18-,21-,23?,25-,26+,27+/m11/s1. The number of hydrogen-bond acceptors (Lipinski definition) is 14. The van der Waals surface area contributed by atoms with Crippen LogP contribution in [0.25, 0.3) is 0 Å². The van der Waals surface area contributed by atoms with Crippen molar-refractivity contribution in [1.29, 1.82) is 0 Å². The van der Waals surface area contributed by atoms with E-state index >= 15 is 0 Å². The fraction of sp³-hybridized carbons (Fsp3) is 0.537. The molecule has 2 fully saturated rings. The van der Waals surface area contributed by atoms with Crippen molar-refractivity contribution in [2.24, 2.45) is 23.7 Å². The second kappa shape index (κ2) is 26.7. The van der Waals surface area contributed by atoms with Crippen molar-refractivity contribution < 1.29 is 67.0 Å². The Bertz CT molecular complexity index is 2030. The van der Waals surface area contributed by atoms with Crippen LogP contribution >= 0.6 is 0 Å². The van der Waals surface area contributed by atoms with E-state index in [1.54, 1.807) is 37.3 Å². The van der Waals surface area contributed by atoms with Crippen molar-refractivity contribution in [3.8, 4) is 0 Å². The molecular weight excluding hydrogens is 873 g/mol. The van der Waals surface area contributed by atoms with Crippen LogP contribution in [0.15, 0.2) is 110 Å². The molecule has 4 aliphatic rings. The molecule has 2 aromatic rings. The van der Waals surface area contributed by atoms with Crippen molar-refractivity contribution in [2.45, 2.75) is 148 Å². The highest BCUT2D eigenvalue weighted by molar-refractivity contribution is 5.96. The van der Waals surface area contributed by atoms with Crippen LogP contribution in [0.1, 0.15) is 78.4 Å². The number of aliphatic hydroxyl groups is 1. The summed E-state index contributed by atoms with van der Waals surface area (Å²) in [6.07, 6.45) is 5.45. The molecule has 2 aromatic carbocycles. The molecule has 0 amide bonds. The molecule has 6 rings (SSSR count). The molecular formula is C54H70O14. The normalized spacial score (nSPS) is 29.6. The first kappa shape index (κ1) is 54.0. The number of ketones is 3. The maximum absolute atomic E-state index is 13.4. The molecule has 68 heavy (non-hydrogen) atoms. The number of ether oxygens (including phenoxy) is 8. The Hall–Kier alpha value is -4.93. The number of carbonyl (C=O) groups is 5. The monoisotopic (exact) mass is 942 g/mol. The molecule has 0 bridgehead atoms. The second-order valence-electron chi connectivity index (χ2n) is 18.4. The van der Waals surface area contributed by atoms with Gasteiger partial charge in [0, 0.05) is 25.7 Å². The number of aliphatic hydroxyl groups excluding tert-OH is 1. The lowest BCUT2D eigenvalue weighted by Crippen LogP contribution is -2.46. The zero-order chi connectivity index (χ0) is 49.3. The molecule has 0 radical (unpaired) electrons. The summed E-state index contributed by atoms with van der Waals surface area (Å²) in [6, 6.07) is 19.3. The second-order valence-corrected chi connectivity index (χ2v) is 18.4. The summed E-state index contributed by atoms with van der Waals surface area (Å²) in [7, 11) is 0. The molecule has 15 atom stereocenters. The molecule has 370 valence electrons. The fourth-order valence-electron chi connectivity index (χ4n) is 8.89. The number of esters is 2. The van der Waals surface area contributed by atoms with E-state index in [-0.39, 0.29) is 73.2 Å².